The maximum atomic E-state index is 13.0. The molecule has 9 heteroatoms. The zero-order valence-electron chi connectivity index (χ0n) is 11.1. The van der Waals surface area contributed by atoms with Crippen LogP contribution in [0.15, 0.2) is 15.9 Å². The third-order valence-electron chi connectivity index (χ3n) is 3.15. The second kappa shape index (κ2) is 5.48. The van der Waals surface area contributed by atoms with E-state index in [-0.39, 0.29) is 22.4 Å². The molecule has 3 rings (SSSR count). The number of aromatic nitrogens is 1. The fraction of sp³-hybridized carbons (Fsp3) is 0.308. The van der Waals surface area contributed by atoms with Gasteiger partial charge in [0.1, 0.15) is 4.88 Å². The van der Waals surface area contributed by atoms with Gasteiger partial charge in [0.2, 0.25) is 5.76 Å². The molecule has 116 valence electrons. The molecule has 0 atom stereocenters. The zero-order chi connectivity index (χ0) is 15.9. The van der Waals surface area contributed by atoms with Crippen molar-refractivity contribution in [1.29, 1.82) is 0 Å². The minimum Gasteiger partial charge on any atom is -0.435 e. The average molecular weight is 327 g/mol. The summed E-state index contributed by atoms with van der Waals surface area (Å²) >= 11 is 1.04. The number of rotatable bonds is 5. The van der Waals surface area contributed by atoms with Gasteiger partial charge in [-0.05, 0) is 24.3 Å². The minimum atomic E-state index is -2.92. The standard InChI is InChI=1S/C13H11F2N3O3S/c14-10(15)7-8(21-13(18-7)5-1-2-5)12(20)17-6-3-4-22-9(6)11(16)19/h3-5,10H,1-2H2,(H2,16,19)(H,17,20). The lowest BCUT2D eigenvalue weighted by Gasteiger charge is -2.03. The van der Waals surface area contributed by atoms with Crippen LogP contribution in [0.1, 0.15) is 57.0 Å². The van der Waals surface area contributed by atoms with Crippen molar-refractivity contribution < 1.29 is 22.8 Å². The van der Waals surface area contributed by atoms with Gasteiger partial charge in [-0.2, -0.15) is 0 Å². The van der Waals surface area contributed by atoms with Gasteiger partial charge in [0.05, 0.1) is 5.69 Å². The summed E-state index contributed by atoms with van der Waals surface area (Å²) in [6, 6.07) is 1.46. The molecule has 2 aromatic heterocycles. The number of nitrogens with two attached hydrogens (primary N) is 1. The maximum absolute atomic E-state index is 13.0. The van der Waals surface area contributed by atoms with Crippen LogP contribution in [0, 0.1) is 0 Å². The van der Waals surface area contributed by atoms with Crippen molar-refractivity contribution >= 4 is 28.8 Å². The molecule has 2 heterocycles. The van der Waals surface area contributed by atoms with Crippen LogP contribution in [0.2, 0.25) is 0 Å². The van der Waals surface area contributed by atoms with Crippen molar-refractivity contribution in [3.63, 3.8) is 0 Å². The predicted octanol–water partition coefficient (Wildman–Crippen LogP) is 2.90. The first-order chi connectivity index (χ1) is 10.5. The van der Waals surface area contributed by atoms with Crippen LogP contribution in [0.3, 0.4) is 0 Å². The Labute approximate surface area is 127 Å². The summed E-state index contributed by atoms with van der Waals surface area (Å²) in [6.07, 6.45) is -1.31. The maximum Gasteiger partial charge on any atom is 0.293 e. The van der Waals surface area contributed by atoms with Crippen molar-refractivity contribution in [3.05, 3.63) is 33.7 Å². The topological polar surface area (TPSA) is 98.2 Å². The van der Waals surface area contributed by atoms with E-state index in [2.05, 4.69) is 10.3 Å². The molecule has 1 fully saturated rings. The van der Waals surface area contributed by atoms with E-state index in [1.165, 1.54) is 6.07 Å². The highest BCUT2D eigenvalue weighted by Gasteiger charge is 2.34. The molecule has 1 aliphatic rings. The van der Waals surface area contributed by atoms with Gasteiger partial charge in [-0.25, -0.2) is 13.8 Å². The average Bonchev–Trinajstić information content (AvgIpc) is 3.02. The Morgan fingerprint density at radius 2 is 2.18 bits per heavy atom. The van der Waals surface area contributed by atoms with Crippen LogP contribution in [0.5, 0.6) is 0 Å². The summed E-state index contributed by atoms with van der Waals surface area (Å²) in [5.41, 5.74) is 4.64. The SMILES string of the molecule is NC(=O)c1sccc1NC(=O)c1oc(C2CC2)nc1C(F)F. The first kappa shape index (κ1) is 14.6. The van der Waals surface area contributed by atoms with Crippen molar-refractivity contribution in [2.24, 2.45) is 5.73 Å². The molecule has 1 aliphatic carbocycles. The number of halogens is 2. The molecular formula is C13H11F2N3O3S. The van der Waals surface area contributed by atoms with E-state index < -0.39 is 29.7 Å². The molecule has 3 N–H and O–H groups in total. The fourth-order valence-corrected chi connectivity index (χ4v) is 2.64. The van der Waals surface area contributed by atoms with E-state index in [1.54, 1.807) is 5.38 Å². The molecule has 0 spiro atoms. The highest BCUT2D eigenvalue weighted by molar-refractivity contribution is 7.12. The number of amides is 2. The van der Waals surface area contributed by atoms with Crippen LogP contribution in [-0.4, -0.2) is 16.8 Å². The number of carbonyl (C=O) groups is 2. The lowest BCUT2D eigenvalue weighted by Crippen LogP contribution is -2.17. The van der Waals surface area contributed by atoms with E-state index in [0.717, 1.165) is 24.2 Å². The van der Waals surface area contributed by atoms with Gasteiger partial charge >= 0.3 is 0 Å². The molecule has 0 bridgehead atoms. The van der Waals surface area contributed by atoms with Gasteiger partial charge in [0.25, 0.3) is 18.2 Å². The number of thiophene rings is 1. The van der Waals surface area contributed by atoms with E-state index in [1.807, 2.05) is 0 Å². The van der Waals surface area contributed by atoms with Gasteiger partial charge in [-0.3, -0.25) is 9.59 Å². The number of nitrogens with zero attached hydrogens (tertiary/aromatic N) is 1. The van der Waals surface area contributed by atoms with Crippen LogP contribution in [0.25, 0.3) is 0 Å². The second-order valence-corrected chi connectivity index (χ2v) is 5.74. The van der Waals surface area contributed by atoms with E-state index in [4.69, 9.17) is 10.2 Å². The normalized spacial score (nSPS) is 14.3. The Kier molecular flexibility index (Phi) is 3.65. The first-order valence-electron chi connectivity index (χ1n) is 6.44. The molecule has 0 aromatic carbocycles. The number of carbonyl (C=O) groups excluding carboxylic acids is 2. The Morgan fingerprint density at radius 3 is 2.77 bits per heavy atom. The summed E-state index contributed by atoms with van der Waals surface area (Å²) in [7, 11) is 0. The van der Waals surface area contributed by atoms with Crippen LogP contribution >= 0.6 is 11.3 Å². The van der Waals surface area contributed by atoms with Gasteiger partial charge in [0.15, 0.2) is 11.6 Å². The van der Waals surface area contributed by atoms with Crippen LogP contribution in [-0.2, 0) is 0 Å². The van der Waals surface area contributed by atoms with Gasteiger partial charge in [-0.1, -0.05) is 0 Å². The molecule has 2 aromatic rings. The second-order valence-electron chi connectivity index (χ2n) is 4.82. The number of hydrogen-bond acceptors (Lipinski definition) is 5. The summed E-state index contributed by atoms with van der Waals surface area (Å²) in [6.45, 7) is 0. The Balaban J connectivity index is 1.88. The molecule has 0 saturated heterocycles. The molecular weight excluding hydrogens is 316 g/mol. The number of alkyl halides is 2. The van der Waals surface area contributed by atoms with Crippen molar-refractivity contribution in [1.82, 2.24) is 4.98 Å². The number of primary amides is 1. The third kappa shape index (κ3) is 2.71. The van der Waals surface area contributed by atoms with Crippen LogP contribution in [0.4, 0.5) is 14.5 Å². The van der Waals surface area contributed by atoms with E-state index >= 15 is 0 Å². The Morgan fingerprint density at radius 1 is 1.45 bits per heavy atom. The Bertz CT molecular complexity index is 737. The summed E-state index contributed by atoms with van der Waals surface area (Å²) < 4.78 is 31.2. The van der Waals surface area contributed by atoms with Crippen molar-refractivity contribution in [3.8, 4) is 0 Å². The quantitative estimate of drug-likeness (QED) is 0.882. The van der Waals surface area contributed by atoms with Gasteiger partial charge in [0, 0.05) is 5.92 Å². The minimum absolute atomic E-state index is 0.00128. The Hall–Kier alpha value is -2.29. The molecule has 1 saturated carbocycles. The lowest BCUT2D eigenvalue weighted by atomic mass is 10.3. The summed E-state index contributed by atoms with van der Waals surface area (Å²) in [5.74, 6) is -1.97. The number of nitrogens with one attached hydrogen (secondary N) is 1. The van der Waals surface area contributed by atoms with E-state index in [9.17, 15) is 18.4 Å². The largest absolute Gasteiger partial charge is 0.435 e. The molecule has 0 radical (unpaired) electrons. The van der Waals surface area contributed by atoms with Crippen molar-refractivity contribution in [2.45, 2.75) is 25.2 Å². The monoisotopic (exact) mass is 327 g/mol. The summed E-state index contributed by atoms with van der Waals surface area (Å²) in [4.78, 5) is 27.2. The van der Waals surface area contributed by atoms with Crippen molar-refractivity contribution in [2.75, 3.05) is 5.32 Å². The van der Waals surface area contributed by atoms with Gasteiger partial charge in [-0.15, -0.1) is 11.3 Å². The smallest absolute Gasteiger partial charge is 0.293 e. The number of anilines is 1. The van der Waals surface area contributed by atoms with E-state index in [0.29, 0.717) is 0 Å². The highest BCUT2D eigenvalue weighted by Crippen LogP contribution is 2.41. The molecule has 6 nitrogen and oxygen atoms in total. The third-order valence-corrected chi connectivity index (χ3v) is 4.08. The molecule has 2 amide bonds. The first-order valence-corrected chi connectivity index (χ1v) is 7.32. The predicted molar refractivity (Wildman–Crippen MR) is 74.2 cm³/mol. The number of oxazole rings is 1. The molecule has 0 aliphatic heterocycles. The summed E-state index contributed by atoms with van der Waals surface area (Å²) in [5, 5.41) is 3.91. The van der Waals surface area contributed by atoms with Gasteiger partial charge < -0.3 is 15.5 Å². The molecule has 22 heavy (non-hydrogen) atoms. The number of hydrogen-bond donors (Lipinski definition) is 2. The molecule has 0 unspecified atom stereocenters. The highest BCUT2D eigenvalue weighted by atomic mass is 32.1. The lowest BCUT2D eigenvalue weighted by molar-refractivity contribution is 0.0975. The fourth-order valence-electron chi connectivity index (χ4n) is 1.94. The van der Waals surface area contributed by atoms with Crippen LogP contribution < -0.4 is 11.1 Å². The zero-order valence-corrected chi connectivity index (χ0v) is 12.0.